The number of nitrogens with one attached hydrogen (secondary N) is 2. The van der Waals surface area contributed by atoms with E-state index in [0.29, 0.717) is 49.1 Å². The summed E-state index contributed by atoms with van der Waals surface area (Å²) in [7, 11) is -3.38. The quantitative estimate of drug-likeness (QED) is 0.0879. The average Bonchev–Trinajstić information content (AvgIpc) is 3.62. The first kappa shape index (κ1) is 29.2. The van der Waals surface area contributed by atoms with Crippen LogP contribution in [0.2, 0.25) is 0 Å². The van der Waals surface area contributed by atoms with Crippen LogP contribution in [0.5, 0.6) is 0 Å². The number of aliphatic imine (C=N–C) groups is 1. The molecule has 1 aliphatic rings. The van der Waals surface area contributed by atoms with Gasteiger partial charge in [-0.1, -0.05) is 25.7 Å². The van der Waals surface area contributed by atoms with Crippen LogP contribution < -0.4 is 10.6 Å². The van der Waals surface area contributed by atoms with Crippen LogP contribution in [0.4, 0.5) is 5.69 Å². The lowest BCUT2D eigenvalue weighted by Gasteiger charge is -2.27. The van der Waals surface area contributed by atoms with Crippen molar-refractivity contribution in [2.24, 2.45) is 4.99 Å². The molecule has 0 spiro atoms. The van der Waals surface area contributed by atoms with E-state index in [9.17, 15) is 13.2 Å². The normalized spacial score (nSPS) is 14.4. The zero-order valence-electron chi connectivity index (χ0n) is 21.9. The van der Waals surface area contributed by atoms with Crippen LogP contribution in [0.1, 0.15) is 74.4 Å². The summed E-state index contributed by atoms with van der Waals surface area (Å²) in [4.78, 5) is 16.2. The molecule has 1 fully saturated rings. The van der Waals surface area contributed by atoms with E-state index < -0.39 is 10.0 Å². The molecule has 0 atom stereocenters. The first-order chi connectivity index (χ1) is 18.4. The second kappa shape index (κ2) is 15.1. The summed E-state index contributed by atoms with van der Waals surface area (Å²) in [5.41, 5.74) is 1.12. The van der Waals surface area contributed by atoms with Crippen molar-refractivity contribution in [3.05, 3.63) is 54.0 Å². The molecule has 10 nitrogen and oxygen atoms in total. The molecule has 2 N–H and O–H groups in total. The van der Waals surface area contributed by atoms with Gasteiger partial charge in [0.2, 0.25) is 16.0 Å². The number of hydrogen-bond acceptors (Lipinski definition) is 7. The SMILES string of the molecule is CCOC(=O)c1ccc(NC(=NCCCCCCS(=O)(=O)N(Cc2ccco2)C2CCCC2)NC#N)cc1. The number of nitriles is 1. The van der Waals surface area contributed by atoms with Gasteiger partial charge in [-0.3, -0.25) is 10.3 Å². The third kappa shape index (κ3) is 9.19. The van der Waals surface area contributed by atoms with Gasteiger partial charge in [0.25, 0.3) is 0 Å². The lowest BCUT2D eigenvalue weighted by Crippen LogP contribution is -2.39. The Balaban J connectivity index is 1.42. The van der Waals surface area contributed by atoms with Crippen LogP contribution in [0, 0.1) is 11.5 Å². The van der Waals surface area contributed by atoms with E-state index in [1.54, 1.807) is 47.8 Å². The Labute approximate surface area is 225 Å². The van der Waals surface area contributed by atoms with Gasteiger partial charge in [-0.2, -0.15) is 9.57 Å². The number of sulfonamides is 1. The molecule has 11 heteroatoms. The smallest absolute Gasteiger partial charge is 0.338 e. The Morgan fingerprint density at radius 3 is 2.55 bits per heavy atom. The zero-order valence-corrected chi connectivity index (χ0v) is 22.7. The third-order valence-corrected chi connectivity index (χ3v) is 8.34. The van der Waals surface area contributed by atoms with E-state index in [4.69, 9.17) is 14.4 Å². The monoisotopic (exact) mass is 543 g/mol. The fourth-order valence-corrected chi connectivity index (χ4v) is 6.26. The number of furan rings is 1. The Kier molecular flexibility index (Phi) is 11.6. The summed E-state index contributed by atoms with van der Waals surface area (Å²) in [6, 6.07) is 10.4. The number of rotatable bonds is 14. The van der Waals surface area contributed by atoms with Crippen molar-refractivity contribution in [3.63, 3.8) is 0 Å². The van der Waals surface area contributed by atoms with Gasteiger partial charge in [0.15, 0.2) is 6.19 Å². The van der Waals surface area contributed by atoms with Crippen molar-refractivity contribution >= 4 is 27.6 Å². The summed E-state index contributed by atoms with van der Waals surface area (Å²) >= 11 is 0. The van der Waals surface area contributed by atoms with Gasteiger partial charge in [0.05, 0.1) is 30.7 Å². The summed E-state index contributed by atoms with van der Waals surface area (Å²) in [5.74, 6) is 0.713. The lowest BCUT2D eigenvalue weighted by molar-refractivity contribution is 0.0526. The number of anilines is 1. The van der Waals surface area contributed by atoms with Crippen LogP contribution in [-0.4, -0.2) is 49.6 Å². The van der Waals surface area contributed by atoms with E-state index in [0.717, 1.165) is 44.9 Å². The largest absolute Gasteiger partial charge is 0.468 e. The number of carbonyl (C=O) groups excluding carboxylic acids is 1. The van der Waals surface area contributed by atoms with Gasteiger partial charge in [0, 0.05) is 18.3 Å². The van der Waals surface area contributed by atoms with E-state index in [1.807, 2.05) is 12.3 Å². The van der Waals surface area contributed by atoms with E-state index in [2.05, 4.69) is 15.6 Å². The molecule has 1 saturated carbocycles. The van der Waals surface area contributed by atoms with Gasteiger partial charge in [-0.05, 0) is 69.0 Å². The van der Waals surface area contributed by atoms with Gasteiger partial charge in [-0.15, -0.1) is 0 Å². The first-order valence-electron chi connectivity index (χ1n) is 13.2. The summed E-state index contributed by atoms with van der Waals surface area (Å²) < 4.78 is 38.3. The van der Waals surface area contributed by atoms with E-state index >= 15 is 0 Å². The molecule has 3 rings (SSSR count). The minimum absolute atomic E-state index is 0.0550. The molecule has 38 heavy (non-hydrogen) atoms. The predicted molar refractivity (Wildman–Crippen MR) is 146 cm³/mol. The van der Waals surface area contributed by atoms with Crippen molar-refractivity contribution < 1.29 is 22.4 Å². The maximum absolute atomic E-state index is 13.1. The molecule has 206 valence electrons. The van der Waals surface area contributed by atoms with Crippen molar-refractivity contribution in [1.82, 2.24) is 9.62 Å². The van der Waals surface area contributed by atoms with Gasteiger partial charge in [0.1, 0.15) is 5.76 Å². The van der Waals surface area contributed by atoms with E-state index in [-0.39, 0.29) is 17.8 Å². The number of unbranched alkanes of at least 4 members (excludes halogenated alkanes) is 3. The highest BCUT2D eigenvalue weighted by molar-refractivity contribution is 7.89. The number of esters is 1. The van der Waals surface area contributed by atoms with Crippen LogP contribution >= 0.6 is 0 Å². The fraction of sp³-hybridized carbons (Fsp3) is 0.519. The number of benzene rings is 1. The molecular weight excluding hydrogens is 506 g/mol. The molecule has 0 bridgehead atoms. The molecule has 0 radical (unpaired) electrons. The molecule has 0 saturated heterocycles. The number of ether oxygens (including phenoxy) is 1. The Hall–Kier alpha value is -3.36. The molecule has 0 amide bonds. The molecule has 2 aromatic rings. The van der Waals surface area contributed by atoms with E-state index in [1.165, 1.54) is 0 Å². The molecule has 1 aromatic carbocycles. The second-order valence-corrected chi connectivity index (χ2v) is 11.2. The predicted octanol–water partition coefficient (Wildman–Crippen LogP) is 4.63. The van der Waals surface area contributed by atoms with Gasteiger partial charge in [-0.25, -0.2) is 13.2 Å². The number of hydrogen-bond donors (Lipinski definition) is 2. The van der Waals surface area contributed by atoms with Crippen LogP contribution in [-0.2, 0) is 21.3 Å². The number of guanidine groups is 1. The van der Waals surface area contributed by atoms with Crippen molar-refractivity contribution in [2.75, 3.05) is 24.2 Å². The minimum atomic E-state index is -3.38. The first-order valence-corrected chi connectivity index (χ1v) is 14.8. The lowest BCUT2D eigenvalue weighted by atomic mass is 10.2. The maximum Gasteiger partial charge on any atom is 0.338 e. The molecule has 0 unspecified atom stereocenters. The molecule has 0 aliphatic heterocycles. The molecule has 1 aliphatic carbocycles. The Morgan fingerprint density at radius 2 is 1.89 bits per heavy atom. The van der Waals surface area contributed by atoms with Gasteiger partial charge < -0.3 is 14.5 Å². The Bertz CT molecular complexity index is 1170. The van der Waals surface area contributed by atoms with Crippen molar-refractivity contribution in [2.45, 2.75) is 70.9 Å². The third-order valence-electron chi connectivity index (χ3n) is 6.39. The van der Waals surface area contributed by atoms with Crippen LogP contribution in [0.15, 0.2) is 52.1 Å². The fourth-order valence-electron chi connectivity index (χ4n) is 4.46. The highest BCUT2D eigenvalue weighted by Crippen LogP contribution is 2.28. The summed E-state index contributed by atoms with van der Waals surface area (Å²) in [5, 5.41) is 14.6. The van der Waals surface area contributed by atoms with Crippen molar-refractivity contribution in [3.8, 4) is 6.19 Å². The average molecular weight is 544 g/mol. The standard InChI is InChI=1S/C27H37N5O5S/c1-2-36-26(33)22-13-15-23(16-14-22)31-27(30-21-28)29-17-7-3-4-8-19-38(34,35)32(24-10-5-6-11-24)20-25-12-9-18-37-25/h9,12-16,18,24H,2-8,10-11,17,19-20H2,1H3,(H2,29,30,31). The topological polar surface area (TPSA) is 137 Å². The van der Waals surface area contributed by atoms with Gasteiger partial charge >= 0.3 is 5.97 Å². The highest BCUT2D eigenvalue weighted by Gasteiger charge is 2.32. The number of carbonyl (C=O) groups is 1. The highest BCUT2D eigenvalue weighted by atomic mass is 32.2. The zero-order chi connectivity index (χ0) is 27.2. The number of nitrogens with zero attached hydrogens (tertiary/aromatic N) is 3. The minimum Gasteiger partial charge on any atom is -0.468 e. The van der Waals surface area contributed by atoms with Crippen LogP contribution in [0.25, 0.3) is 0 Å². The van der Waals surface area contributed by atoms with Crippen LogP contribution in [0.3, 0.4) is 0 Å². The van der Waals surface area contributed by atoms with Crippen molar-refractivity contribution in [1.29, 1.82) is 5.26 Å². The molecular formula is C27H37N5O5S. The Morgan fingerprint density at radius 1 is 1.16 bits per heavy atom. The second-order valence-electron chi connectivity index (χ2n) is 9.18. The maximum atomic E-state index is 13.1. The summed E-state index contributed by atoms with van der Waals surface area (Å²) in [6.45, 7) is 2.84. The molecule has 1 aromatic heterocycles. The molecule has 1 heterocycles. The summed E-state index contributed by atoms with van der Waals surface area (Å²) in [6.07, 6.45) is 10.3.